The largest absolute Gasteiger partial charge is 0.573 e. The third-order valence-corrected chi connectivity index (χ3v) is 2.90. The Morgan fingerprint density at radius 2 is 1.42 bits per heavy atom. The molecule has 6 heteroatoms. The van der Waals surface area contributed by atoms with Gasteiger partial charge in [-0.3, -0.25) is 0 Å². The second-order valence-electron chi connectivity index (χ2n) is 5.46. The van der Waals surface area contributed by atoms with Crippen molar-refractivity contribution in [2.45, 2.75) is 46.4 Å². The van der Waals surface area contributed by atoms with Crippen molar-refractivity contribution in [3.8, 4) is 5.75 Å². The van der Waals surface area contributed by atoms with Crippen LogP contribution in [-0.4, -0.2) is 11.3 Å². The van der Waals surface area contributed by atoms with E-state index in [1.807, 2.05) is 32.0 Å². The molecule has 0 aliphatic heterocycles. The summed E-state index contributed by atoms with van der Waals surface area (Å²) in [7, 11) is 0. The number of hydrogen-bond acceptors (Lipinski definition) is 2. The molecule has 2 aromatic rings. The molecule has 2 nitrogen and oxygen atoms in total. The van der Waals surface area contributed by atoms with Gasteiger partial charge in [-0.2, -0.15) is 0 Å². The summed E-state index contributed by atoms with van der Waals surface area (Å²) in [5.41, 5.74) is 1.26. The van der Waals surface area contributed by atoms with Crippen molar-refractivity contribution in [1.82, 2.24) is 4.98 Å². The van der Waals surface area contributed by atoms with Gasteiger partial charge in [-0.1, -0.05) is 58.9 Å². The summed E-state index contributed by atoms with van der Waals surface area (Å²) < 4.78 is 39.1. The van der Waals surface area contributed by atoms with E-state index < -0.39 is 6.36 Å². The maximum absolute atomic E-state index is 11.5. The number of rotatable bonds is 1. The van der Waals surface area contributed by atoms with Crippen molar-refractivity contribution in [1.29, 1.82) is 0 Å². The number of hydrogen-bond donors (Lipinski definition) is 0. The normalized spacial score (nSPS) is 10.7. The Kier molecular flexibility index (Phi) is 9.66. The molecule has 0 saturated carbocycles. The summed E-state index contributed by atoms with van der Waals surface area (Å²) in [5.74, 6) is -0.194. The van der Waals surface area contributed by atoms with E-state index in [1.165, 1.54) is 24.3 Å². The molecule has 1 heterocycles. The highest BCUT2D eigenvalue weighted by molar-refractivity contribution is 9.10. The van der Waals surface area contributed by atoms with Crippen molar-refractivity contribution in [3.05, 3.63) is 58.8 Å². The maximum atomic E-state index is 11.5. The molecule has 0 bridgehead atoms. The Labute approximate surface area is 150 Å². The van der Waals surface area contributed by atoms with Gasteiger partial charge in [0.1, 0.15) is 10.4 Å². The lowest BCUT2D eigenvalue weighted by molar-refractivity contribution is -0.274. The van der Waals surface area contributed by atoms with Crippen LogP contribution in [0.15, 0.2) is 53.1 Å². The minimum Gasteiger partial charge on any atom is -0.406 e. The molecule has 0 aliphatic rings. The molecular formula is C18H23BrF3NO. The number of aromatic nitrogens is 1. The number of nitrogens with zero attached hydrogens (tertiary/aromatic N) is 1. The summed E-state index contributed by atoms with van der Waals surface area (Å²) in [6.45, 7) is 10.5. The van der Waals surface area contributed by atoms with Gasteiger partial charge in [0, 0.05) is 11.1 Å². The van der Waals surface area contributed by atoms with Crippen molar-refractivity contribution < 1.29 is 17.9 Å². The van der Waals surface area contributed by atoms with Crippen molar-refractivity contribution in [3.63, 3.8) is 0 Å². The van der Waals surface area contributed by atoms with E-state index in [0.29, 0.717) is 0 Å². The molecule has 0 saturated heterocycles. The summed E-state index contributed by atoms with van der Waals surface area (Å²) >= 11 is 3.34. The lowest BCUT2D eigenvalue weighted by atomic mass is 9.92. The molecule has 1 aromatic carbocycles. The third kappa shape index (κ3) is 10.3. The molecule has 0 aliphatic carbocycles. The summed E-state index contributed by atoms with van der Waals surface area (Å²) in [4.78, 5) is 4.36. The van der Waals surface area contributed by atoms with Gasteiger partial charge in [-0.25, -0.2) is 4.98 Å². The first kappa shape index (κ1) is 22.4. The van der Waals surface area contributed by atoms with Crippen LogP contribution in [0, 0.1) is 0 Å². The van der Waals surface area contributed by atoms with Crippen LogP contribution >= 0.6 is 15.9 Å². The maximum Gasteiger partial charge on any atom is 0.573 e. The number of para-hydroxylation sites is 1. The van der Waals surface area contributed by atoms with Gasteiger partial charge in [0.25, 0.3) is 0 Å². The number of alkyl halides is 3. The first-order valence-electron chi connectivity index (χ1n) is 7.52. The van der Waals surface area contributed by atoms with E-state index in [2.05, 4.69) is 46.4 Å². The fourth-order valence-corrected chi connectivity index (χ4v) is 1.79. The Bertz CT molecular complexity index is 581. The van der Waals surface area contributed by atoms with Gasteiger partial charge in [0.2, 0.25) is 0 Å². The predicted octanol–water partition coefficient (Wildman–Crippen LogP) is 6.75. The van der Waals surface area contributed by atoms with E-state index in [0.717, 1.165) is 10.3 Å². The lowest BCUT2D eigenvalue weighted by Crippen LogP contribution is -2.16. The first-order valence-corrected chi connectivity index (χ1v) is 8.31. The van der Waals surface area contributed by atoms with Crippen molar-refractivity contribution in [2.75, 3.05) is 0 Å². The molecule has 0 unspecified atom stereocenters. The summed E-state index contributed by atoms with van der Waals surface area (Å²) in [6, 6.07) is 13.0. The average Bonchev–Trinajstić information content (AvgIpc) is 2.48. The van der Waals surface area contributed by atoms with E-state index in [1.54, 1.807) is 6.07 Å². The SMILES string of the molecule is CC.CC(C)(C)c1cccc(Br)n1.FC(F)(F)Oc1ccccc1. The van der Waals surface area contributed by atoms with E-state index in [-0.39, 0.29) is 11.2 Å². The van der Waals surface area contributed by atoms with Crippen LogP contribution in [0.2, 0.25) is 0 Å². The van der Waals surface area contributed by atoms with Crippen LogP contribution in [0.5, 0.6) is 5.75 Å². The molecule has 0 fully saturated rings. The van der Waals surface area contributed by atoms with Gasteiger partial charge in [-0.05, 0) is 40.2 Å². The van der Waals surface area contributed by atoms with Crippen LogP contribution in [0.3, 0.4) is 0 Å². The Hall–Kier alpha value is -1.56. The Morgan fingerprint density at radius 1 is 0.875 bits per heavy atom. The molecule has 24 heavy (non-hydrogen) atoms. The molecular weight excluding hydrogens is 383 g/mol. The van der Waals surface area contributed by atoms with Crippen LogP contribution in [0.25, 0.3) is 0 Å². The Morgan fingerprint density at radius 3 is 1.79 bits per heavy atom. The van der Waals surface area contributed by atoms with Crippen LogP contribution in [0.4, 0.5) is 13.2 Å². The zero-order valence-corrected chi connectivity index (χ0v) is 16.1. The molecule has 0 amide bonds. The molecule has 0 spiro atoms. The van der Waals surface area contributed by atoms with Gasteiger partial charge >= 0.3 is 6.36 Å². The van der Waals surface area contributed by atoms with Crippen LogP contribution in [-0.2, 0) is 5.41 Å². The lowest BCUT2D eigenvalue weighted by Gasteiger charge is -2.17. The van der Waals surface area contributed by atoms with Crippen LogP contribution < -0.4 is 4.74 Å². The second-order valence-corrected chi connectivity index (χ2v) is 6.27. The minimum atomic E-state index is -4.60. The summed E-state index contributed by atoms with van der Waals surface area (Å²) in [5, 5.41) is 0. The second kappa shape index (κ2) is 10.3. The fraction of sp³-hybridized carbons (Fsp3) is 0.389. The number of halogens is 4. The standard InChI is InChI=1S/C9H12BrN.C7H5F3O.C2H6/c1-9(2,3)7-5-4-6-8(10)11-7;8-7(9,10)11-6-4-2-1-3-5-6;1-2/h4-6H,1-3H3;1-5H;1-2H3. The molecule has 2 rings (SSSR count). The molecule has 0 N–H and O–H groups in total. The minimum absolute atomic E-state index is 0.143. The molecule has 0 atom stereocenters. The Balaban J connectivity index is 0.000000400. The third-order valence-electron chi connectivity index (χ3n) is 2.46. The quantitative estimate of drug-likeness (QED) is 0.489. The smallest absolute Gasteiger partial charge is 0.406 e. The van der Waals surface area contributed by atoms with Crippen molar-refractivity contribution in [2.24, 2.45) is 0 Å². The highest BCUT2D eigenvalue weighted by atomic mass is 79.9. The highest BCUT2D eigenvalue weighted by Gasteiger charge is 2.30. The van der Waals surface area contributed by atoms with Gasteiger partial charge in [-0.15, -0.1) is 13.2 Å². The zero-order chi connectivity index (χ0) is 18.8. The molecule has 134 valence electrons. The predicted molar refractivity (Wildman–Crippen MR) is 95.1 cm³/mol. The van der Waals surface area contributed by atoms with Gasteiger partial charge in [0.05, 0.1) is 0 Å². The molecule has 1 aromatic heterocycles. The van der Waals surface area contributed by atoms with Crippen molar-refractivity contribution >= 4 is 15.9 Å². The average molecular weight is 406 g/mol. The molecule has 0 radical (unpaired) electrons. The van der Waals surface area contributed by atoms with E-state index in [9.17, 15) is 13.2 Å². The van der Waals surface area contributed by atoms with Crippen LogP contribution in [0.1, 0.15) is 40.3 Å². The van der Waals surface area contributed by atoms with Gasteiger partial charge in [0.15, 0.2) is 0 Å². The highest BCUT2D eigenvalue weighted by Crippen LogP contribution is 2.22. The summed E-state index contributed by atoms with van der Waals surface area (Å²) in [6.07, 6.45) is -4.60. The zero-order valence-electron chi connectivity index (χ0n) is 14.5. The first-order chi connectivity index (χ1) is 11.1. The number of ether oxygens (including phenoxy) is 1. The fourth-order valence-electron chi connectivity index (χ4n) is 1.45. The monoisotopic (exact) mass is 405 g/mol. The van der Waals surface area contributed by atoms with E-state index >= 15 is 0 Å². The van der Waals surface area contributed by atoms with E-state index in [4.69, 9.17) is 0 Å². The number of pyridine rings is 1. The topological polar surface area (TPSA) is 22.1 Å². The van der Waals surface area contributed by atoms with Gasteiger partial charge < -0.3 is 4.74 Å². The number of benzene rings is 1.